The Morgan fingerprint density at radius 1 is 1.26 bits per heavy atom. The van der Waals surface area contributed by atoms with Crippen LogP contribution in [0.15, 0.2) is 30.5 Å². The fraction of sp³-hybridized carbons (Fsp3) is 0.263. The Morgan fingerprint density at radius 2 is 2.00 bits per heavy atom. The molecule has 31 heavy (non-hydrogen) atoms. The Kier molecular flexibility index (Phi) is 4.79. The minimum atomic E-state index is -4.64. The van der Waals surface area contributed by atoms with Gasteiger partial charge in [0.05, 0.1) is 10.9 Å². The van der Waals surface area contributed by atoms with Crippen molar-refractivity contribution < 1.29 is 27.2 Å². The van der Waals surface area contributed by atoms with Crippen molar-refractivity contribution in [1.29, 1.82) is 0 Å². The van der Waals surface area contributed by atoms with E-state index in [1.165, 1.54) is 26.1 Å². The number of carbonyl (C=O) groups excluding carboxylic acids is 2. The molecule has 2 N–H and O–H groups in total. The number of halogens is 4. The average Bonchev–Trinajstić information content (AvgIpc) is 3.28. The van der Waals surface area contributed by atoms with Crippen LogP contribution in [0.4, 0.5) is 34.0 Å². The molecule has 1 aliphatic heterocycles. The number of rotatable bonds is 3. The summed E-state index contributed by atoms with van der Waals surface area (Å²) in [6.45, 7) is 1.24. The van der Waals surface area contributed by atoms with Crippen LogP contribution in [0.3, 0.4) is 0 Å². The summed E-state index contributed by atoms with van der Waals surface area (Å²) in [5, 5.41) is 2.70. The molecular formula is C19H16F4N6O2. The lowest BCUT2D eigenvalue weighted by molar-refractivity contribution is -0.137. The molecule has 0 spiro atoms. The number of carbonyl (C=O) groups is 2. The van der Waals surface area contributed by atoms with Crippen LogP contribution in [0.1, 0.15) is 11.3 Å². The monoisotopic (exact) mass is 436 g/mol. The van der Waals surface area contributed by atoms with Crippen LogP contribution in [-0.2, 0) is 11.0 Å². The maximum absolute atomic E-state index is 13.6. The molecule has 0 radical (unpaired) electrons. The molecule has 0 aliphatic carbocycles. The van der Waals surface area contributed by atoms with Gasteiger partial charge in [0, 0.05) is 25.5 Å². The first-order valence-corrected chi connectivity index (χ1v) is 9.10. The van der Waals surface area contributed by atoms with Crippen LogP contribution < -0.4 is 15.1 Å². The third-order valence-electron chi connectivity index (χ3n) is 4.92. The maximum Gasteiger partial charge on any atom is 0.416 e. The summed E-state index contributed by atoms with van der Waals surface area (Å²) in [5.41, 5.74) is -0.706. The SMILES string of the molecule is Cc1cc(C(F)(F)F)cc(N2C(=O)NC[C@H]2C(=O)N(C)c2ccc3c(F)c[nH]c3n2)n1. The summed E-state index contributed by atoms with van der Waals surface area (Å²) < 4.78 is 53.2. The number of fused-ring (bicyclic) bond motifs is 1. The van der Waals surface area contributed by atoms with Crippen molar-refractivity contribution in [2.45, 2.75) is 19.1 Å². The molecule has 4 heterocycles. The van der Waals surface area contributed by atoms with Crippen LogP contribution in [0.25, 0.3) is 11.0 Å². The highest BCUT2D eigenvalue weighted by Crippen LogP contribution is 2.33. The Bertz CT molecular complexity index is 1190. The number of urea groups is 1. The molecule has 0 aromatic carbocycles. The summed E-state index contributed by atoms with van der Waals surface area (Å²) >= 11 is 0. The zero-order valence-electron chi connectivity index (χ0n) is 16.3. The molecule has 1 aliphatic rings. The van der Waals surface area contributed by atoms with Crippen LogP contribution >= 0.6 is 0 Å². The number of hydrogen-bond donors (Lipinski definition) is 2. The largest absolute Gasteiger partial charge is 0.416 e. The van der Waals surface area contributed by atoms with Crippen LogP contribution in [-0.4, -0.2) is 46.5 Å². The molecule has 0 unspecified atom stereocenters. The van der Waals surface area contributed by atoms with E-state index in [1.54, 1.807) is 0 Å². The molecule has 1 saturated heterocycles. The lowest BCUT2D eigenvalue weighted by atomic mass is 10.2. The second-order valence-electron chi connectivity index (χ2n) is 7.02. The number of alkyl halides is 3. The van der Waals surface area contributed by atoms with Crippen LogP contribution in [0.2, 0.25) is 0 Å². The van der Waals surface area contributed by atoms with E-state index < -0.39 is 35.5 Å². The molecule has 12 heteroatoms. The van der Waals surface area contributed by atoms with Crippen molar-refractivity contribution in [3.8, 4) is 0 Å². The fourth-order valence-corrected chi connectivity index (χ4v) is 3.39. The third kappa shape index (κ3) is 3.64. The first-order chi connectivity index (χ1) is 14.6. The molecular weight excluding hydrogens is 420 g/mol. The molecule has 3 aromatic rings. The molecule has 8 nitrogen and oxygen atoms in total. The Labute approximate surface area is 172 Å². The lowest BCUT2D eigenvalue weighted by Crippen LogP contribution is -2.47. The number of aryl methyl sites for hydroxylation is 1. The molecule has 0 saturated carbocycles. The summed E-state index contributed by atoms with van der Waals surface area (Å²) in [6.07, 6.45) is -3.51. The molecule has 0 bridgehead atoms. The summed E-state index contributed by atoms with van der Waals surface area (Å²) in [5.74, 6) is -1.21. The van der Waals surface area contributed by atoms with Crippen LogP contribution in [0.5, 0.6) is 0 Å². The van der Waals surface area contributed by atoms with Crippen molar-refractivity contribution in [1.82, 2.24) is 20.3 Å². The number of amides is 3. The van der Waals surface area contributed by atoms with E-state index in [0.717, 1.165) is 28.1 Å². The Morgan fingerprint density at radius 3 is 2.71 bits per heavy atom. The van der Waals surface area contributed by atoms with Gasteiger partial charge in [-0.15, -0.1) is 0 Å². The standard InChI is InChI=1S/C19H16F4N6O2/c1-9-5-10(19(21,22)23)6-15(26-9)29-13(8-25-18(29)31)17(30)28(2)14-4-3-11-12(20)7-24-16(11)27-14/h3-7,13H,8H2,1-2H3,(H,24,27)(H,25,31)/t13-/m0/s1. The van der Waals surface area contributed by atoms with E-state index in [1.807, 2.05) is 0 Å². The summed E-state index contributed by atoms with van der Waals surface area (Å²) in [7, 11) is 1.40. The normalized spacial score (nSPS) is 16.6. The quantitative estimate of drug-likeness (QED) is 0.618. The van der Waals surface area contributed by atoms with Crippen molar-refractivity contribution in [3.63, 3.8) is 0 Å². The fourth-order valence-electron chi connectivity index (χ4n) is 3.39. The van der Waals surface area contributed by atoms with E-state index >= 15 is 0 Å². The van der Waals surface area contributed by atoms with Gasteiger partial charge in [-0.1, -0.05) is 0 Å². The number of pyridine rings is 2. The second kappa shape index (κ2) is 7.22. The minimum Gasteiger partial charge on any atom is -0.343 e. The van der Waals surface area contributed by atoms with E-state index in [9.17, 15) is 27.2 Å². The van der Waals surface area contributed by atoms with Crippen molar-refractivity contribution in [2.24, 2.45) is 0 Å². The zero-order chi connectivity index (χ0) is 22.5. The van der Waals surface area contributed by atoms with Crippen molar-refractivity contribution in [3.05, 3.63) is 47.5 Å². The highest BCUT2D eigenvalue weighted by Gasteiger charge is 2.41. The zero-order valence-corrected chi connectivity index (χ0v) is 16.3. The van der Waals surface area contributed by atoms with E-state index in [0.29, 0.717) is 0 Å². The molecule has 3 aromatic heterocycles. The van der Waals surface area contributed by atoms with Crippen LogP contribution in [0, 0.1) is 12.7 Å². The molecule has 162 valence electrons. The number of H-pyrrole nitrogens is 1. The van der Waals surface area contributed by atoms with Gasteiger partial charge in [-0.3, -0.25) is 14.6 Å². The van der Waals surface area contributed by atoms with E-state index in [2.05, 4.69) is 20.3 Å². The van der Waals surface area contributed by atoms with Gasteiger partial charge in [0.1, 0.15) is 29.1 Å². The first-order valence-electron chi connectivity index (χ1n) is 9.10. The Hall–Kier alpha value is -3.70. The Balaban J connectivity index is 1.67. The van der Waals surface area contributed by atoms with Crippen molar-refractivity contribution >= 4 is 34.6 Å². The predicted octanol–water partition coefficient (Wildman–Crippen LogP) is 2.99. The number of nitrogens with one attached hydrogen (secondary N) is 2. The molecule has 1 atom stereocenters. The smallest absolute Gasteiger partial charge is 0.343 e. The summed E-state index contributed by atoms with van der Waals surface area (Å²) in [6, 6.07) is 2.57. The number of aromatic nitrogens is 3. The van der Waals surface area contributed by atoms with Gasteiger partial charge in [0.2, 0.25) is 0 Å². The highest BCUT2D eigenvalue weighted by molar-refractivity contribution is 6.07. The second-order valence-corrected chi connectivity index (χ2v) is 7.02. The number of hydrogen-bond acceptors (Lipinski definition) is 4. The maximum atomic E-state index is 13.6. The number of likely N-dealkylation sites (N-methyl/N-ethyl adjacent to an activating group) is 1. The topological polar surface area (TPSA) is 94.2 Å². The van der Waals surface area contributed by atoms with Gasteiger partial charge >= 0.3 is 12.2 Å². The molecule has 4 rings (SSSR count). The number of nitrogens with zero attached hydrogens (tertiary/aromatic N) is 4. The average molecular weight is 436 g/mol. The first kappa shape index (κ1) is 20.6. The van der Waals surface area contributed by atoms with Gasteiger partial charge in [-0.05, 0) is 31.2 Å². The van der Waals surface area contributed by atoms with Gasteiger partial charge < -0.3 is 10.3 Å². The highest BCUT2D eigenvalue weighted by atomic mass is 19.4. The third-order valence-corrected chi connectivity index (χ3v) is 4.92. The molecule has 3 amide bonds. The van der Waals surface area contributed by atoms with E-state index in [-0.39, 0.29) is 34.9 Å². The van der Waals surface area contributed by atoms with E-state index in [4.69, 9.17) is 0 Å². The predicted molar refractivity (Wildman–Crippen MR) is 103 cm³/mol. The summed E-state index contributed by atoms with van der Waals surface area (Å²) in [4.78, 5) is 38.4. The van der Waals surface area contributed by atoms with Gasteiger partial charge in [-0.2, -0.15) is 13.2 Å². The number of aromatic amines is 1. The van der Waals surface area contributed by atoms with Crippen molar-refractivity contribution in [2.75, 3.05) is 23.4 Å². The lowest BCUT2D eigenvalue weighted by Gasteiger charge is -2.26. The van der Waals surface area contributed by atoms with Gasteiger partial charge in [-0.25, -0.2) is 19.2 Å². The molecule has 1 fully saturated rings. The van der Waals surface area contributed by atoms with Gasteiger partial charge in [0.15, 0.2) is 0 Å². The van der Waals surface area contributed by atoms with Gasteiger partial charge in [0.25, 0.3) is 5.91 Å². The number of anilines is 2. The minimum absolute atomic E-state index is 0.0463.